The minimum absolute atomic E-state index is 0.0924. The molecule has 26 heavy (non-hydrogen) atoms. The lowest BCUT2D eigenvalue weighted by Gasteiger charge is -2.46. The smallest absolute Gasteiger partial charge is 0.124 e. The van der Waals surface area contributed by atoms with Crippen LogP contribution in [0.4, 0.5) is 4.39 Å². The molecule has 2 aromatic rings. The Balaban J connectivity index is 1.95. The van der Waals surface area contributed by atoms with Crippen LogP contribution in [0.15, 0.2) is 48.5 Å². The Morgan fingerprint density at radius 3 is 2.58 bits per heavy atom. The normalized spacial score (nSPS) is 24.6. The number of hydrogen-bond acceptors (Lipinski definition) is 2. The molecule has 2 aromatic carbocycles. The van der Waals surface area contributed by atoms with Crippen LogP contribution in [0.1, 0.15) is 42.9 Å². The molecule has 0 radical (unpaired) electrons. The average molecular weight is 376 g/mol. The Morgan fingerprint density at radius 2 is 1.92 bits per heavy atom. The number of halogens is 2. The molecule has 1 aliphatic carbocycles. The monoisotopic (exact) mass is 375 g/mol. The summed E-state index contributed by atoms with van der Waals surface area (Å²) < 4.78 is 13.4. The third kappa shape index (κ3) is 4.11. The maximum atomic E-state index is 13.4. The van der Waals surface area contributed by atoms with E-state index >= 15 is 0 Å². The van der Waals surface area contributed by atoms with Gasteiger partial charge < -0.3 is 10.0 Å². The van der Waals surface area contributed by atoms with Crippen LogP contribution in [0.2, 0.25) is 5.02 Å². The van der Waals surface area contributed by atoms with E-state index in [9.17, 15) is 9.50 Å². The van der Waals surface area contributed by atoms with Gasteiger partial charge in [-0.2, -0.15) is 0 Å². The van der Waals surface area contributed by atoms with E-state index in [4.69, 9.17) is 11.6 Å². The number of aliphatic hydroxyl groups is 1. The van der Waals surface area contributed by atoms with Crippen LogP contribution < -0.4 is 0 Å². The van der Waals surface area contributed by atoms with E-state index in [2.05, 4.69) is 31.1 Å². The quantitative estimate of drug-likeness (QED) is 0.771. The summed E-state index contributed by atoms with van der Waals surface area (Å²) in [6.45, 7) is 0. The lowest BCUT2D eigenvalue weighted by molar-refractivity contribution is -0.0770. The molecule has 0 saturated heterocycles. The SMILES string of the molecule is CN(C)C(c1ccccc1)C1CCCCC1(O)Cc1ccc(F)cc1Cl. The van der Waals surface area contributed by atoms with E-state index in [-0.39, 0.29) is 17.8 Å². The highest BCUT2D eigenvalue weighted by Crippen LogP contribution is 2.45. The van der Waals surface area contributed by atoms with Crippen molar-refractivity contribution in [2.75, 3.05) is 14.1 Å². The Bertz CT molecular complexity index is 736. The van der Waals surface area contributed by atoms with Gasteiger partial charge in [-0.3, -0.25) is 0 Å². The number of hydrogen-bond donors (Lipinski definition) is 1. The Morgan fingerprint density at radius 1 is 1.19 bits per heavy atom. The minimum Gasteiger partial charge on any atom is -0.389 e. The zero-order valence-corrected chi connectivity index (χ0v) is 16.2. The van der Waals surface area contributed by atoms with Crippen molar-refractivity contribution in [3.63, 3.8) is 0 Å². The Kier molecular flexibility index (Phi) is 6.01. The van der Waals surface area contributed by atoms with Gasteiger partial charge in [-0.1, -0.05) is 60.8 Å². The van der Waals surface area contributed by atoms with Gasteiger partial charge in [-0.25, -0.2) is 4.39 Å². The number of benzene rings is 2. The molecule has 1 aliphatic rings. The van der Waals surface area contributed by atoms with Crippen LogP contribution in [0.5, 0.6) is 0 Å². The van der Waals surface area contributed by atoms with Crippen molar-refractivity contribution in [1.29, 1.82) is 0 Å². The minimum atomic E-state index is -0.857. The first kappa shape index (κ1) is 19.3. The topological polar surface area (TPSA) is 23.5 Å². The molecule has 1 fully saturated rings. The molecule has 140 valence electrons. The van der Waals surface area contributed by atoms with E-state index in [0.29, 0.717) is 11.4 Å². The van der Waals surface area contributed by atoms with E-state index in [1.54, 1.807) is 6.07 Å². The standard InChI is InChI=1S/C22H27ClFNO/c1-25(2)21(16-8-4-3-5-9-16)19-10-6-7-13-22(19,26)15-17-11-12-18(24)14-20(17)23/h3-5,8-9,11-12,14,19,21,26H,6-7,10,13,15H2,1-2H3. The summed E-state index contributed by atoms with van der Waals surface area (Å²) in [6.07, 6.45) is 4.27. The van der Waals surface area contributed by atoms with Crippen LogP contribution in [0, 0.1) is 11.7 Å². The van der Waals surface area contributed by atoms with Crippen LogP contribution in [0.3, 0.4) is 0 Å². The first-order valence-electron chi connectivity index (χ1n) is 9.28. The summed E-state index contributed by atoms with van der Waals surface area (Å²) in [5.74, 6) is -0.254. The second-order valence-corrected chi connectivity index (χ2v) is 8.09. The van der Waals surface area contributed by atoms with Gasteiger partial charge in [0, 0.05) is 23.4 Å². The fraction of sp³-hybridized carbons (Fsp3) is 0.455. The summed E-state index contributed by atoms with van der Waals surface area (Å²) in [4.78, 5) is 2.20. The predicted octanol–water partition coefficient (Wildman–Crippen LogP) is 5.25. The molecule has 0 spiro atoms. The third-order valence-electron chi connectivity index (χ3n) is 5.66. The average Bonchev–Trinajstić information content (AvgIpc) is 2.60. The van der Waals surface area contributed by atoms with Crippen LogP contribution in [-0.2, 0) is 6.42 Å². The molecule has 3 unspecified atom stereocenters. The van der Waals surface area contributed by atoms with Gasteiger partial charge in [0.05, 0.1) is 5.60 Å². The lowest BCUT2D eigenvalue weighted by atomic mass is 9.67. The fourth-order valence-electron chi connectivity index (χ4n) is 4.46. The number of nitrogens with zero attached hydrogens (tertiary/aromatic N) is 1. The first-order chi connectivity index (χ1) is 12.4. The first-order valence-corrected chi connectivity index (χ1v) is 9.66. The van der Waals surface area contributed by atoms with Crippen LogP contribution >= 0.6 is 11.6 Å². The molecule has 0 amide bonds. The summed E-state index contributed by atoms with van der Waals surface area (Å²) in [5, 5.41) is 12.1. The largest absolute Gasteiger partial charge is 0.389 e. The molecule has 0 aromatic heterocycles. The van der Waals surface area contributed by atoms with Crippen molar-refractivity contribution in [3.05, 3.63) is 70.5 Å². The molecule has 1 N–H and O–H groups in total. The molecule has 0 heterocycles. The van der Waals surface area contributed by atoms with Gasteiger partial charge in [-0.15, -0.1) is 0 Å². The molecule has 0 bridgehead atoms. The Hall–Kier alpha value is -1.42. The van der Waals surface area contributed by atoms with E-state index in [1.807, 2.05) is 18.2 Å². The summed E-state index contributed by atoms with van der Waals surface area (Å²) in [7, 11) is 4.13. The zero-order chi connectivity index (χ0) is 18.7. The third-order valence-corrected chi connectivity index (χ3v) is 6.01. The molecule has 1 saturated carbocycles. The van der Waals surface area contributed by atoms with Crippen molar-refractivity contribution in [1.82, 2.24) is 4.90 Å². The zero-order valence-electron chi connectivity index (χ0n) is 15.5. The van der Waals surface area contributed by atoms with Gasteiger partial charge in [0.1, 0.15) is 5.82 Å². The van der Waals surface area contributed by atoms with E-state index < -0.39 is 5.60 Å². The second kappa shape index (κ2) is 8.08. The highest BCUT2D eigenvalue weighted by atomic mass is 35.5. The molecule has 0 aliphatic heterocycles. The van der Waals surface area contributed by atoms with Gasteiger partial charge in [-0.05, 0) is 50.2 Å². The molecule has 4 heteroatoms. The number of rotatable bonds is 5. The molecule has 3 atom stereocenters. The highest BCUT2D eigenvalue weighted by molar-refractivity contribution is 6.31. The van der Waals surface area contributed by atoms with Crippen LogP contribution in [-0.4, -0.2) is 29.7 Å². The van der Waals surface area contributed by atoms with Crippen molar-refractivity contribution >= 4 is 11.6 Å². The molecular weight excluding hydrogens is 349 g/mol. The van der Waals surface area contributed by atoms with E-state index in [0.717, 1.165) is 31.2 Å². The van der Waals surface area contributed by atoms with E-state index in [1.165, 1.54) is 17.7 Å². The fourth-order valence-corrected chi connectivity index (χ4v) is 4.69. The van der Waals surface area contributed by atoms with Crippen LogP contribution in [0.25, 0.3) is 0 Å². The van der Waals surface area contributed by atoms with Gasteiger partial charge in [0.15, 0.2) is 0 Å². The maximum absolute atomic E-state index is 13.4. The molecule has 3 rings (SSSR count). The Labute approximate surface area is 160 Å². The van der Waals surface area contributed by atoms with Crippen molar-refractivity contribution in [2.45, 2.75) is 43.7 Å². The van der Waals surface area contributed by atoms with Crippen molar-refractivity contribution in [3.8, 4) is 0 Å². The second-order valence-electron chi connectivity index (χ2n) is 7.69. The van der Waals surface area contributed by atoms with Crippen molar-refractivity contribution in [2.24, 2.45) is 5.92 Å². The van der Waals surface area contributed by atoms with Gasteiger partial charge in [0.2, 0.25) is 0 Å². The lowest BCUT2D eigenvalue weighted by Crippen LogP contribution is -2.48. The summed E-state index contributed by atoms with van der Waals surface area (Å²) in [6, 6.07) is 14.9. The highest BCUT2D eigenvalue weighted by Gasteiger charge is 2.44. The predicted molar refractivity (Wildman–Crippen MR) is 105 cm³/mol. The maximum Gasteiger partial charge on any atom is 0.124 e. The molecular formula is C22H27ClFNO. The van der Waals surface area contributed by atoms with Gasteiger partial charge in [0.25, 0.3) is 0 Å². The van der Waals surface area contributed by atoms with Gasteiger partial charge >= 0.3 is 0 Å². The van der Waals surface area contributed by atoms with Crippen molar-refractivity contribution < 1.29 is 9.50 Å². The summed E-state index contributed by atoms with van der Waals surface area (Å²) in [5.41, 5.74) is 1.17. The summed E-state index contributed by atoms with van der Waals surface area (Å²) >= 11 is 6.26. The molecule has 2 nitrogen and oxygen atoms in total.